The predicted molar refractivity (Wildman–Crippen MR) is 100 cm³/mol. The van der Waals surface area contributed by atoms with Crippen LogP contribution in [-0.4, -0.2) is 51.0 Å². The monoisotopic (exact) mass is 374 g/mol. The fourth-order valence-corrected chi connectivity index (χ4v) is 4.39. The molecule has 0 unspecified atom stereocenters. The van der Waals surface area contributed by atoms with Crippen LogP contribution in [0.3, 0.4) is 0 Å². The minimum atomic E-state index is 0.0480. The molecule has 1 fully saturated rings. The molecule has 1 aliphatic heterocycles. The summed E-state index contributed by atoms with van der Waals surface area (Å²) in [6.45, 7) is 2.11. The molecule has 3 heterocycles. The number of thiazole rings is 1. The van der Waals surface area contributed by atoms with Gasteiger partial charge in [0.25, 0.3) is 0 Å². The SMILES string of the molecule is Cn1cnnc1SCCNC(=O)C1CN(c2nc3ccccc3s2)C1. The van der Waals surface area contributed by atoms with Gasteiger partial charge in [-0.1, -0.05) is 35.2 Å². The van der Waals surface area contributed by atoms with Gasteiger partial charge in [0.2, 0.25) is 5.91 Å². The summed E-state index contributed by atoms with van der Waals surface area (Å²) in [4.78, 5) is 19.0. The smallest absolute Gasteiger partial charge is 0.226 e. The topological polar surface area (TPSA) is 75.9 Å². The summed E-state index contributed by atoms with van der Waals surface area (Å²) >= 11 is 3.27. The van der Waals surface area contributed by atoms with E-state index in [1.807, 2.05) is 29.8 Å². The second-order valence-electron chi connectivity index (χ2n) is 5.93. The number of para-hydroxylation sites is 1. The number of thioether (sulfide) groups is 1. The van der Waals surface area contributed by atoms with E-state index in [0.717, 1.165) is 34.6 Å². The van der Waals surface area contributed by atoms with Crippen molar-refractivity contribution in [1.82, 2.24) is 25.1 Å². The lowest BCUT2D eigenvalue weighted by atomic mass is 10.0. The lowest BCUT2D eigenvalue weighted by Gasteiger charge is -2.37. The Kier molecular flexibility index (Phi) is 4.58. The largest absolute Gasteiger partial charge is 0.355 e. The standard InChI is InChI=1S/C16H18N6OS2/c1-21-10-18-20-16(21)24-7-6-17-14(23)11-8-22(9-11)15-19-12-4-2-3-5-13(12)25-15/h2-5,10-11H,6-9H2,1H3,(H,17,23). The maximum absolute atomic E-state index is 12.2. The third kappa shape index (κ3) is 3.47. The molecule has 7 nitrogen and oxygen atoms in total. The number of carbonyl (C=O) groups excluding carboxylic acids is 1. The summed E-state index contributed by atoms with van der Waals surface area (Å²) in [5.74, 6) is 0.954. The van der Waals surface area contributed by atoms with E-state index >= 15 is 0 Å². The van der Waals surface area contributed by atoms with Gasteiger partial charge in [-0.15, -0.1) is 10.2 Å². The van der Waals surface area contributed by atoms with E-state index in [-0.39, 0.29) is 11.8 Å². The minimum Gasteiger partial charge on any atom is -0.355 e. The number of carbonyl (C=O) groups is 1. The van der Waals surface area contributed by atoms with E-state index in [1.165, 1.54) is 4.70 Å². The summed E-state index contributed by atoms with van der Waals surface area (Å²) in [6, 6.07) is 8.12. The van der Waals surface area contributed by atoms with Crippen molar-refractivity contribution in [3.63, 3.8) is 0 Å². The number of nitrogens with zero attached hydrogens (tertiary/aromatic N) is 5. The number of aryl methyl sites for hydroxylation is 1. The number of aromatic nitrogens is 4. The zero-order chi connectivity index (χ0) is 17.2. The molecule has 0 bridgehead atoms. The first-order valence-corrected chi connectivity index (χ1v) is 9.86. The Labute approximate surface area is 153 Å². The van der Waals surface area contributed by atoms with Crippen LogP contribution in [-0.2, 0) is 11.8 Å². The Hall–Kier alpha value is -2.13. The molecule has 0 aliphatic carbocycles. The van der Waals surface area contributed by atoms with Crippen LogP contribution in [0.25, 0.3) is 10.2 Å². The number of rotatable bonds is 6. The van der Waals surface area contributed by atoms with Gasteiger partial charge in [0.15, 0.2) is 10.3 Å². The molecule has 25 heavy (non-hydrogen) atoms. The quantitative estimate of drug-likeness (QED) is 0.523. The summed E-state index contributed by atoms with van der Waals surface area (Å²) in [5.41, 5.74) is 1.02. The highest BCUT2D eigenvalue weighted by Gasteiger charge is 2.34. The minimum absolute atomic E-state index is 0.0480. The Morgan fingerprint density at radius 1 is 1.40 bits per heavy atom. The van der Waals surface area contributed by atoms with Gasteiger partial charge in [-0.05, 0) is 12.1 Å². The van der Waals surface area contributed by atoms with E-state index in [9.17, 15) is 4.79 Å². The highest BCUT2D eigenvalue weighted by molar-refractivity contribution is 7.99. The van der Waals surface area contributed by atoms with E-state index in [0.29, 0.717) is 6.54 Å². The number of anilines is 1. The first-order chi connectivity index (χ1) is 12.2. The molecule has 130 valence electrons. The van der Waals surface area contributed by atoms with Crippen LogP contribution in [0.2, 0.25) is 0 Å². The third-order valence-electron chi connectivity index (χ3n) is 4.11. The molecule has 3 aromatic rings. The summed E-state index contributed by atoms with van der Waals surface area (Å²) in [6.07, 6.45) is 1.67. The van der Waals surface area contributed by atoms with Crippen molar-refractivity contribution >= 4 is 44.4 Å². The summed E-state index contributed by atoms with van der Waals surface area (Å²) < 4.78 is 3.06. The fraction of sp³-hybridized carbons (Fsp3) is 0.375. The Balaban J connectivity index is 1.22. The van der Waals surface area contributed by atoms with Gasteiger partial charge in [0.1, 0.15) is 6.33 Å². The van der Waals surface area contributed by atoms with Crippen molar-refractivity contribution in [3.8, 4) is 0 Å². The Morgan fingerprint density at radius 2 is 2.24 bits per heavy atom. The van der Waals surface area contributed by atoms with Crippen LogP contribution in [0.4, 0.5) is 5.13 Å². The number of hydrogen-bond acceptors (Lipinski definition) is 7. The van der Waals surface area contributed by atoms with Crippen molar-refractivity contribution in [2.75, 3.05) is 30.3 Å². The number of hydrogen-bond donors (Lipinski definition) is 1. The first-order valence-electron chi connectivity index (χ1n) is 8.06. The average Bonchev–Trinajstić information content (AvgIpc) is 3.16. The highest BCUT2D eigenvalue weighted by Crippen LogP contribution is 2.32. The van der Waals surface area contributed by atoms with Crippen LogP contribution in [0.15, 0.2) is 35.7 Å². The molecule has 1 aromatic carbocycles. The van der Waals surface area contributed by atoms with Crippen molar-refractivity contribution in [2.45, 2.75) is 5.16 Å². The van der Waals surface area contributed by atoms with Crippen LogP contribution in [0, 0.1) is 5.92 Å². The Bertz CT molecular complexity index is 853. The first kappa shape index (κ1) is 16.3. The van der Waals surface area contributed by atoms with Crippen LogP contribution < -0.4 is 10.2 Å². The molecule has 1 aliphatic rings. The number of fused-ring (bicyclic) bond motifs is 1. The molecule has 9 heteroatoms. The van der Waals surface area contributed by atoms with E-state index < -0.39 is 0 Å². The van der Waals surface area contributed by atoms with Crippen LogP contribution >= 0.6 is 23.1 Å². The van der Waals surface area contributed by atoms with Gasteiger partial charge in [0, 0.05) is 32.4 Å². The Morgan fingerprint density at radius 3 is 3.00 bits per heavy atom. The molecule has 1 N–H and O–H groups in total. The number of amides is 1. The number of benzene rings is 1. The molecule has 0 saturated carbocycles. The molecule has 0 atom stereocenters. The van der Waals surface area contributed by atoms with Gasteiger partial charge in [-0.25, -0.2) is 4.98 Å². The molecule has 2 aromatic heterocycles. The normalized spacial score (nSPS) is 14.7. The maximum Gasteiger partial charge on any atom is 0.226 e. The van der Waals surface area contributed by atoms with Gasteiger partial charge < -0.3 is 14.8 Å². The zero-order valence-corrected chi connectivity index (χ0v) is 15.4. The van der Waals surface area contributed by atoms with Crippen molar-refractivity contribution in [3.05, 3.63) is 30.6 Å². The third-order valence-corrected chi connectivity index (χ3v) is 6.24. The molecule has 1 saturated heterocycles. The molecular formula is C16H18N6OS2. The highest BCUT2D eigenvalue weighted by atomic mass is 32.2. The van der Waals surface area contributed by atoms with Crippen molar-refractivity contribution < 1.29 is 4.79 Å². The van der Waals surface area contributed by atoms with Gasteiger partial charge in [-0.2, -0.15) is 0 Å². The van der Waals surface area contributed by atoms with Gasteiger partial charge >= 0.3 is 0 Å². The predicted octanol–water partition coefficient (Wildman–Crippen LogP) is 1.77. The van der Waals surface area contributed by atoms with Crippen LogP contribution in [0.5, 0.6) is 0 Å². The number of nitrogens with one attached hydrogen (secondary N) is 1. The van der Waals surface area contributed by atoms with Crippen LogP contribution in [0.1, 0.15) is 0 Å². The molecule has 1 amide bonds. The van der Waals surface area contributed by atoms with Crippen molar-refractivity contribution in [1.29, 1.82) is 0 Å². The maximum atomic E-state index is 12.2. The van der Waals surface area contributed by atoms with E-state index in [4.69, 9.17) is 0 Å². The second-order valence-corrected chi connectivity index (χ2v) is 8.00. The summed E-state index contributed by atoms with van der Waals surface area (Å²) in [7, 11) is 1.91. The zero-order valence-electron chi connectivity index (χ0n) is 13.8. The lowest BCUT2D eigenvalue weighted by Crippen LogP contribution is -2.54. The second kappa shape index (κ2) is 7.01. The average molecular weight is 374 g/mol. The molecule has 4 rings (SSSR count). The lowest BCUT2D eigenvalue weighted by molar-refractivity contribution is -0.125. The van der Waals surface area contributed by atoms with Gasteiger partial charge in [0.05, 0.1) is 16.1 Å². The van der Waals surface area contributed by atoms with E-state index in [2.05, 4.69) is 31.5 Å². The van der Waals surface area contributed by atoms with Crippen molar-refractivity contribution in [2.24, 2.45) is 13.0 Å². The van der Waals surface area contributed by atoms with E-state index in [1.54, 1.807) is 29.4 Å². The molecule has 0 radical (unpaired) electrons. The fourth-order valence-electron chi connectivity index (χ4n) is 2.66. The summed E-state index contributed by atoms with van der Waals surface area (Å²) in [5, 5.41) is 12.7. The van der Waals surface area contributed by atoms with Gasteiger partial charge in [-0.3, -0.25) is 4.79 Å². The molecular weight excluding hydrogens is 356 g/mol. The molecule has 0 spiro atoms.